The molecule has 0 radical (unpaired) electrons. The fraction of sp³-hybridized carbons (Fsp3) is 0.917. The van der Waals surface area contributed by atoms with Crippen molar-refractivity contribution in [1.82, 2.24) is 4.90 Å². The molecule has 0 saturated carbocycles. The number of ether oxygens (including phenoxy) is 4. The van der Waals surface area contributed by atoms with Gasteiger partial charge in [0.2, 0.25) is 0 Å². The van der Waals surface area contributed by atoms with Gasteiger partial charge in [-0.15, -0.1) is 0 Å². The predicted molar refractivity (Wildman–Crippen MR) is 66.9 cm³/mol. The third-order valence-electron chi connectivity index (χ3n) is 2.90. The van der Waals surface area contributed by atoms with Crippen molar-refractivity contribution in [2.45, 2.75) is 12.1 Å². The number of esters is 1. The van der Waals surface area contributed by atoms with E-state index < -0.39 is 12.1 Å². The second-order valence-corrected chi connectivity index (χ2v) is 4.33. The molecule has 1 aliphatic rings. The Morgan fingerprint density at radius 1 is 1.47 bits per heavy atom. The lowest BCUT2D eigenvalue weighted by atomic mass is 10.2. The third-order valence-corrected chi connectivity index (χ3v) is 2.90. The van der Waals surface area contributed by atoms with E-state index in [1.54, 1.807) is 7.11 Å². The van der Waals surface area contributed by atoms with E-state index in [0.717, 1.165) is 0 Å². The van der Waals surface area contributed by atoms with Crippen LogP contribution in [0.2, 0.25) is 0 Å². The first kappa shape index (κ1) is 16.3. The molecule has 1 fully saturated rings. The molecule has 0 spiro atoms. The maximum absolute atomic E-state index is 11.6. The van der Waals surface area contributed by atoms with Crippen molar-refractivity contribution < 1.29 is 28.8 Å². The summed E-state index contributed by atoms with van der Waals surface area (Å²) in [5.41, 5.74) is 0. The Labute approximate surface area is 113 Å². The number of carbonyl (C=O) groups excluding carboxylic acids is 1. The highest BCUT2D eigenvalue weighted by Gasteiger charge is 2.31. The maximum atomic E-state index is 11.6. The summed E-state index contributed by atoms with van der Waals surface area (Å²) in [4.78, 5) is 13.4. The van der Waals surface area contributed by atoms with Gasteiger partial charge in [0.05, 0.1) is 46.2 Å². The average molecular weight is 277 g/mol. The van der Waals surface area contributed by atoms with Crippen molar-refractivity contribution in [2.75, 3.05) is 60.3 Å². The molecular weight excluding hydrogens is 254 g/mol. The monoisotopic (exact) mass is 277 g/mol. The minimum atomic E-state index is -0.651. The predicted octanol–water partition coefficient (Wildman–Crippen LogP) is -1.12. The SMILES string of the molecule is COCCOCC(O)CN1CCOCC1C(=O)OC. The van der Waals surface area contributed by atoms with E-state index in [-0.39, 0.29) is 12.6 Å². The molecule has 1 saturated heterocycles. The lowest BCUT2D eigenvalue weighted by Gasteiger charge is -2.34. The van der Waals surface area contributed by atoms with Crippen LogP contribution >= 0.6 is 0 Å². The third kappa shape index (κ3) is 5.84. The summed E-state index contributed by atoms with van der Waals surface area (Å²) < 4.78 is 20.1. The first-order chi connectivity index (χ1) is 9.19. The quantitative estimate of drug-likeness (QED) is 0.445. The van der Waals surface area contributed by atoms with Crippen LogP contribution in [0.15, 0.2) is 0 Å². The zero-order valence-corrected chi connectivity index (χ0v) is 11.5. The van der Waals surface area contributed by atoms with Crippen molar-refractivity contribution in [2.24, 2.45) is 0 Å². The van der Waals surface area contributed by atoms with E-state index in [1.807, 2.05) is 4.90 Å². The normalized spacial score (nSPS) is 22.2. The Bertz CT molecular complexity index is 263. The Kier molecular flexibility index (Phi) is 7.92. The summed E-state index contributed by atoms with van der Waals surface area (Å²) in [5, 5.41) is 9.87. The summed E-state index contributed by atoms with van der Waals surface area (Å²) in [7, 11) is 2.94. The van der Waals surface area contributed by atoms with Gasteiger partial charge >= 0.3 is 5.97 Å². The molecule has 0 aromatic carbocycles. The number of hydrogen-bond donors (Lipinski definition) is 1. The number of β-amino-alcohol motifs (C(OH)–C–C–N with tert-alkyl or cyclic N) is 1. The minimum Gasteiger partial charge on any atom is -0.468 e. The Hall–Kier alpha value is -0.730. The molecule has 0 aromatic rings. The van der Waals surface area contributed by atoms with Gasteiger partial charge in [0, 0.05) is 20.2 Å². The first-order valence-corrected chi connectivity index (χ1v) is 6.33. The summed E-state index contributed by atoms with van der Waals surface area (Å²) in [6, 6.07) is -0.452. The number of nitrogens with zero attached hydrogens (tertiary/aromatic N) is 1. The molecule has 0 bridgehead atoms. The van der Waals surface area contributed by atoms with E-state index in [2.05, 4.69) is 0 Å². The van der Waals surface area contributed by atoms with Crippen molar-refractivity contribution in [3.05, 3.63) is 0 Å². The van der Waals surface area contributed by atoms with Crippen LogP contribution in [0.4, 0.5) is 0 Å². The van der Waals surface area contributed by atoms with Gasteiger partial charge in [-0.1, -0.05) is 0 Å². The molecule has 0 amide bonds. The van der Waals surface area contributed by atoms with Gasteiger partial charge in [-0.05, 0) is 0 Å². The number of methoxy groups -OCH3 is 2. The Balaban J connectivity index is 2.33. The Morgan fingerprint density at radius 3 is 2.95 bits per heavy atom. The van der Waals surface area contributed by atoms with Gasteiger partial charge in [-0.2, -0.15) is 0 Å². The number of carbonyl (C=O) groups is 1. The molecule has 1 heterocycles. The lowest BCUT2D eigenvalue weighted by molar-refractivity contribution is -0.154. The highest BCUT2D eigenvalue weighted by molar-refractivity contribution is 5.75. The molecule has 2 atom stereocenters. The molecule has 1 N–H and O–H groups in total. The summed E-state index contributed by atoms with van der Waals surface area (Å²) in [5.74, 6) is -0.341. The molecule has 1 aliphatic heterocycles. The van der Waals surface area contributed by atoms with Crippen molar-refractivity contribution >= 4 is 5.97 Å². The molecule has 0 aliphatic carbocycles. The number of hydrogen-bond acceptors (Lipinski definition) is 7. The van der Waals surface area contributed by atoms with Gasteiger partial charge in [-0.25, -0.2) is 0 Å². The standard InChI is InChI=1S/C12H23NO6/c1-16-5-6-19-8-10(14)7-13-3-4-18-9-11(13)12(15)17-2/h10-11,14H,3-9H2,1-2H3. The topological polar surface area (TPSA) is 77.5 Å². The van der Waals surface area contributed by atoms with Crippen LogP contribution in [0, 0.1) is 0 Å². The fourth-order valence-corrected chi connectivity index (χ4v) is 1.89. The summed E-state index contributed by atoms with van der Waals surface area (Å²) in [6.07, 6.45) is -0.651. The zero-order chi connectivity index (χ0) is 14.1. The number of rotatable bonds is 8. The minimum absolute atomic E-state index is 0.217. The molecule has 0 aromatic heterocycles. The summed E-state index contributed by atoms with van der Waals surface area (Å²) in [6.45, 7) is 2.94. The summed E-state index contributed by atoms with van der Waals surface area (Å²) >= 11 is 0. The smallest absolute Gasteiger partial charge is 0.325 e. The average Bonchev–Trinajstić information content (AvgIpc) is 2.43. The molecule has 19 heavy (non-hydrogen) atoms. The van der Waals surface area contributed by atoms with Crippen LogP contribution in [0.1, 0.15) is 0 Å². The number of aliphatic hydroxyl groups is 1. The highest BCUT2D eigenvalue weighted by Crippen LogP contribution is 2.09. The van der Waals surface area contributed by atoms with Crippen LogP contribution in [0.5, 0.6) is 0 Å². The fourth-order valence-electron chi connectivity index (χ4n) is 1.89. The van der Waals surface area contributed by atoms with Crippen molar-refractivity contribution in [1.29, 1.82) is 0 Å². The maximum Gasteiger partial charge on any atom is 0.325 e. The molecule has 1 rings (SSSR count). The second kappa shape index (κ2) is 9.22. The zero-order valence-electron chi connectivity index (χ0n) is 11.5. The second-order valence-electron chi connectivity index (χ2n) is 4.33. The molecule has 7 nitrogen and oxygen atoms in total. The van der Waals surface area contributed by atoms with Crippen LogP contribution in [-0.4, -0.2) is 88.5 Å². The van der Waals surface area contributed by atoms with Crippen LogP contribution in [-0.2, 0) is 23.7 Å². The molecular formula is C12H23NO6. The van der Waals surface area contributed by atoms with Gasteiger partial charge < -0.3 is 24.1 Å². The largest absolute Gasteiger partial charge is 0.468 e. The molecule has 2 unspecified atom stereocenters. The molecule has 7 heteroatoms. The number of aliphatic hydroxyl groups excluding tert-OH is 1. The van der Waals surface area contributed by atoms with Gasteiger partial charge in [-0.3, -0.25) is 9.69 Å². The van der Waals surface area contributed by atoms with Crippen LogP contribution < -0.4 is 0 Å². The van der Waals surface area contributed by atoms with E-state index in [1.165, 1.54) is 7.11 Å². The van der Waals surface area contributed by atoms with E-state index >= 15 is 0 Å². The van der Waals surface area contributed by atoms with Gasteiger partial charge in [0.25, 0.3) is 0 Å². The highest BCUT2D eigenvalue weighted by atomic mass is 16.5. The van der Waals surface area contributed by atoms with Crippen molar-refractivity contribution in [3.8, 4) is 0 Å². The van der Waals surface area contributed by atoms with Crippen LogP contribution in [0.3, 0.4) is 0 Å². The van der Waals surface area contributed by atoms with Crippen molar-refractivity contribution in [3.63, 3.8) is 0 Å². The van der Waals surface area contributed by atoms with E-state index in [0.29, 0.717) is 39.5 Å². The van der Waals surface area contributed by atoms with E-state index in [9.17, 15) is 9.90 Å². The molecule has 112 valence electrons. The van der Waals surface area contributed by atoms with Gasteiger partial charge in [0.15, 0.2) is 0 Å². The Morgan fingerprint density at radius 2 is 2.26 bits per heavy atom. The van der Waals surface area contributed by atoms with Crippen LogP contribution in [0.25, 0.3) is 0 Å². The first-order valence-electron chi connectivity index (χ1n) is 6.33. The number of morpholine rings is 1. The van der Waals surface area contributed by atoms with E-state index in [4.69, 9.17) is 18.9 Å². The lowest BCUT2D eigenvalue weighted by Crippen LogP contribution is -2.53. The van der Waals surface area contributed by atoms with Gasteiger partial charge in [0.1, 0.15) is 6.04 Å².